The molecule has 0 bridgehead atoms. The third kappa shape index (κ3) is 9.35. The third-order valence-corrected chi connectivity index (χ3v) is 3.20. The number of unbranched alkanes of at least 4 members (excludes halogenated alkanes) is 1. The molecule has 0 aromatic rings. The molecule has 19 heavy (non-hydrogen) atoms. The molecule has 0 rings (SSSR count). The Hall–Kier alpha value is -1.24. The molecule has 0 aliphatic rings. The monoisotopic (exact) mass is 261 g/mol. The molecule has 0 fully saturated rings. The summed E-state index contributed by atoms with van der Waals surface area (Å²) < 4.78 is 0. The second-order valence-corrected chi connectivity index (χ2v) is 5.25. The number of nitrogens with one attached hydrogen (secondary N) is 1. The minimum Gasteiger partial charge on any atom is -0.385 e. The van der Waals surface area contributed by atoms with Crippen molar-refractivity contribution in [2.24, 2.45) is 0 Å². The summed E-state index contributed by atoms with van der Waals surface area (Å²) in [6, 6.07) is 0. The van der Waals surface area contributed by atoms with E-state index in [9.17, 15) is 0 Å². The normalized spacial score (nSPS) is 11.2. The van der Waals surface area contributed by atoms with Gasteiger partial charge in [0.25, 0.3) is 0 Å². The van der Waals surface area contributed by atoms with Crippen molar-refractivity contribution in [3.63, 3.8) is 0 Å². The molecular weight excluding hydrogens is 230 g/mol. The minimum absolute atomic E-state index is 0.933. The maximum atomic E-state index is 4.17. The van der Waals surface area contributed by atoms with Crippen LogP contribution in [0.4, 0.5) is 0 Å². The molecule has 108 valence electrons. The molecule has 1 N–H and O–H groups in total. The molecule has 0 aromatic carbocycles. The molecule has 0 spiro atoms. The van der Waals surface area contributed by atoms with Gasteiger partial charge in [-0.15, -0.1) is 0 Å². The average molecular weight is 261 g/mol. The molecule has 0 aliphatic carbocycles. The molecule has 1 nitrogen and oxygen atoms in total. The van der Waals surface area contributed by atoms with Crippen LogP contribution < -0.4 is 5.32 Å². The van der Waals surface area contributed by atoms with Gasteiger partial charge < -0.3 is 5.32 Å². The van der Waals surface area contributed by atoms with Gasteiger partial charge >= 0.3 is 0 Å². The predicted molar refractivity (Wildman–Crippen MR) is 88.2 cm³/mol. The summed E-state index contributed by atoms with van der Waals surface area (Å²) >= 11 is 0. The molecule has 0 atom stereocenters. The fraction of sp³-hybridized carbons (Fsp3) is 0.556. The van der Waals surface area contributed by atoms with Gasteiger partial charge in [-0.25, -0.2) is 0 Å². The summed E-state index contributed by atoms with van der Waals surface area (Å²) in [4.78, 5) is 0. The van der Waals surface area contributed by atoms with Crippen molar-refractivity contribution in [3.05, 3.63) is 48.2 Å². The fourth-order valence-electron chi connectivity index (χ4n) is 1.69. The van der Waals surface area contributed by atoms with Crippen LogP contribution >= 0.6 is 0 Å². The zero-order valence-corrected chi connectivity index (χ0v) is 13.1. The molecule has 0 amide bonds. The van der Waals surface area contributed by atoms with E-state index >= 15 is 0 Å². The van der Waals surface area contributed by atoms with Crippen LogP contribution in [-0.4, -0.2) is 6.54 Å². The summed E-state index contributed by atoms with van der Waals surface area (Å²) in [5.74, 6) is 0. The van der Waals surface area contributed by atoms with E-state index in [-0.39, 0.29) is 0 Å². The summed E-state index contributed by atoms with van der Waals surface area (Å²) in [5, 5.41) is 3.43. The third-order valence-electron chi connectivity index (χ3n) is 3.20. The van der Waals surface area contributed by atoms with Gasteiger partial charge in [0, 0.05) is 12.2 Å². The van der Waals surface area contributed by atoms with E-state index in [0.717, 1.165) is 37.9 Å². The first-order valence-electron chi connectivity index (χ1n) is 7.44. The van der Waals surface area contributed by atoms with Crippen molar-refractivity contribution in [1.29, 1.82) is 0 Å². The largest absolute Gasteiger partial charge is 0.385 e. The average Bonchev–Trinajstić information content (AvgIpc) is 2.38. The number of rotatable bonds is 11. The Morgan fingerprint density at radius 2 is 1.79 bits per heavy atom. The van der Waals surface area contributed by atoms with Gasteiger partial charge in [0.2, 0.25) is 0 Å². The lowest BCUT2D eigenvalue weighted by atomic mass is 10.0. The van der Waals surface area contributed by atoms with Gasteiger partial charge in [-0.3, -0.25) is 0 Å². The van der Waals surface area contributed by atoms with Gasteiger partial charge in [-0.05, 0) is 44.6 Å². The van der Waals surface area contributed by atoms with Gasteiger partial charge in [-0.1, -0.05) is 57.2 Å². The van der Waals surface area contributed by atoms with Gasteiger partial charge in [0.15, 0.2) is 0 Å². The van der Waals surface area contributed by atoms with Crippen LogP contribution in [-0.2, 0) is 0 Å². The summed E-state index contributed by atoms with van der Waals surface area (Å²) in [5.41, 5.74) is 4.88. The van der Waals surface area contributed by atoms with E-state index < -0.39 is 0 Å². The van der Waals surface area contributed by atoms with E-state index in [4.69, 9.17) is 0 Å². The van der Waals surface area contributed by atoms with Crippen LogP contribution in [0.2, 0.25) is 0 Å². The highest BCUT2D eigenvalue weighted by Gasteiger charge is 2.03. The smallest absolute Gasteiger partial charge is 0.0296 e. The first-order valence-corrected chi connectivity index (χ1v) is 7.44. The van der Waals surface area contributed by atoms with Crippen molar-refractivity contribution in [3.8, 4) is 0 Å². The van der Waals surface area contributed by atoms with E-state index in [2.05, 4.69) is 51.9 Å². The number of hydrogen-bond acceptors (Lipinski definition) is 1. The molecule has 0 heterocycles. The highest BCUT2D eigenvalue weighted by Crippen LogP contribution is 2.19. The lowest BCUT2D eigenvalue weighted by Gasteiger charge is -2.14. The lowest BCUT2D eigenvalue weighted by Crippen LogP contribution is -2.15. The van der Waals surface area contributed by atoms with Crippen molar-refractivity contribution >= 4 is 0 Å². The van der Waals surface area contributed by atoms with Gasteiger partial charge in [0.1, 0.15) is 0 Å². The molecule has 0 saturated carbocycles. The van der Waals surface area contributed by atoms with E-state index in [0.29, 0.717) is 0 Å². The molecule has 0 aromatic heterocycles. The summed E-state index contributed by atoms with van der Waals surface area (Å²) in [7, 11) is 0. The molecule has 0 aliphatic heterocycles. The topological polar surface area (TPSA) is 12.0 Å². The van der Waals surface area contributed by atoms with Crippen molar-refractivity contribution in [2.45, 2.75) is 59.3 Å². The van der Waals surface area contributed by atoms with Crippen molar-refractivity contribution in [1.82, 2.24) is 5.32 Å². The standard InChI is InChI=1S/C18H31N/c1-7-9-14-19-17(6)18(12-10-15(3)4)13-11-16(5)8-2/h12,19H,3,5-11,13-14H2,1-2,4H3/b18-12-. The maximum absolute atomic E-state index is 4.17. The van der Waals surface area contributed by atoms with Crippen molar-refractivity contribution in [2.75, 3.05) is 6.54 Å². The van der Waals surface area contributed by atoms with E-state index in [1.807, 2.05) is 0 Å². The van der Waals surface area contributed by atoms with Crippen molar-refractivity contribution < 1.29 is 0 Å². The molecular formula is C18H31N. The predicted octanol–water partition coefficient (Wildman–Crippen LogP) is 5.53. The number of allylic oxidation sites excluding steroid dienone is 4. The van der Waals surface area contributed by atoms with Gasteiger partial charge in [-0.2, -0.15) is 0 Å². The quantitative estimate of drug-likeness (QED) is 0.293. The first-order chi connectivity index (χ1) is 9.01. The van der Waals surface area contributed by atoms with Crippen LogP contribution in [0.3, 0.4) is 0 Å². The fourth-order valence-corrected chi connectivity index (χ4v) is 1.69. The highest BCUT2D eigenvalue weighted by atomic mass is 14.9. The van der Waals surface area contributed by atoms with Crippen LogP contribution in [0.5, 0.6) is 0 Å². The van der Waals surface area contributed by atoms with Crippen LogP contribution in [0, 0.1) is 0 Å². The first kappa shape index (κ1) is 17.8. The van der Waals surface area contributed by atoms with Crippen LogP contribution in [0.25, 0.3) is 0 Å². The Kier molecular flexibility index (Phi) is 9.97. The van der Waals surface area contributed by atoms with Crippen LogP contribution in [0.15, 0.2) is 48.2 Å². The second-order valence-electron chi connectivity index (χ2n) is 5.25. The Labute approximate surface area is 120 Å². The lowest BCUT2D eigenvalue weighted by molar-refractivity contribution is 0.707. The Morgan fingerprint density at radius 3 is 2.32 bits per heavy atom. The zero-order valence-electron chi connectivity index (χ0n) is 13.1. The van der Waals surface area contributed by atoms with E-state index in [1.54, 1.807) is 0 Å². The summed E-state index contributed by atoms with van der Waals surface area (Å²) in [6.45, 7) is 19.6. The summed E-state index contributed by atoms with van der Waals surface area (Å²) in [6.07, 6.45) is 8.72. The molecule has 1 heteroatoms. The van der Waals surface area contributed by atoms with Gasteiger partial charge in [0.05, 0.1) is 0 Å². The van der Waals surface area contributed by atoms with Crippen LogP contribution in [0.1, 0.15) is 59.3 Å². The maximum Gasteiger partial charge on any atom is 0.0296 e. The molecule has 0 saturated heterocycles. The highest BCUT2D eigenvalue weighted by molar-refractivity contribution is 5.28. The molecule has 0 unspecified atom stereocenters. The Morgan fingerprint density at radius 1 is 1.11 bits per heavy atom. The SMILES string of the molecule is C=C(C)C/C=C(/CCC(=C)CC)C(=C)NCCCC. The number of hydrogen-bond donors (Lipinski definition) is 1. The molecule has 0 radical (unpaired) electrons. The Bertz CT molecular complexity index is 334. The van der Waals surface area contributed by atoms with E-state index in [1.165, 1.54) is 29.6 Å². The Balaban J connectivity index is 4.47. The zero-order chi connectivity index (χ0) is 14.7. The second kappa shape index (κ2) is 10.7. The minimum atomic E-state index is 0.933.